The number of rotatable bonds is 5. The predicted octanol–water partition coefficient (Wildman–Crippen LogP) is 3.17. The van der Waals surface area contributed by atoms with Gasteiger partial charge in [0.1, 0.15) is 11.6 Å². The van der Waals surface area contributed by atoms with Gasteiger partial charge in [-0.15, -0.1) is 0 Å². The fourth-order valence-electron chi connectivity index (χ4n) is 1.60. The molecule has 3 nitrogen and oxygen atoms in total. The third-order valence-electron chi connectivity index (χ3n) is 2.54. The molecule has 2 aromatic carbocycles. The van der Waals surface area contributed by atoms with Crippen LogP contribution in [0.1, 0.15) is 5.56 Å². The Hall–Kier alpha value is -2.07. The molecule has 2 aromatic rings. The second kappa shape index (κ2) is 6.91. The molecule has 0 unspecified atom stereocenters. The highest BCUT2D eigenvalue weighted by molar-refractivity contribution is 6.30. The summed E-state index contributed by atoms with van der Waals surface area (Å²) < 4.78 is 18.1. The largest absolute Gasteiger partial charge is 0.484 e. The first kappa shape index (κ1) is 14.3. The zero-order valence-electron chi connectivity index (χ0n) is 10.6. The molecule has 0 spiro atoms. The van der Waals surface area contributed by atoms with Crippen LogP contribution in [0, 0.1) is 5.82 Å². The second-order valence-corrected chi connectivity index (χ2v) is 4.59. The molecular formula is C15H13ClFNO2. The van der Waals surface area contributed by atoms with E-state index in [9.17, 15) is 9.18 Å². The van der Waals surface area contributed by atoms with Gasteiger partial charge in [0.25, 0.3) is 5.91 Å². The minimum absolute atomic E-state index is 0.163. The Labute approximate surface area is 121 Å². The number of hydrogen-bond donors (Lipinski definition) is 1. The molecule has 1 N–H and O–H groups in total. The van der Waals surface area contributed by atoms with Crippen molar-refractivity contribution in [3.63, 3.8) is 0 Å². The van der Waals surface area contributed by atoms with E-state index in [-0.39, 0.29) is 12.5 Å². The van der Waals surface area contributed by atoms with Crippen molar-refractivity contribution in [2.24, 2.45) is 0 Å². The summed E-state index contributed by atoms with van der Waals surface area (Å²) in [6, 6.07) is 12.9. The van der Waals surface area contributed by atoms with Crippen molar-refractivity contribution < 1.29 is 13.9 Å². The first-order chi connectivity index (χ1) is 9.63. The van der Waals surface area contributed by atoms with Gasteiger partial charge in [0.15, 0.2) is 6.61 Å². The fourth-order valence-corrected chi connectivity index (χ4v) is 1.82. The highest BCUT2D eigenvalue weighted by Crippen LogP contribution is 2.12. The second-order valence-electron chi connectivity index (χ2n) is 4.15. The SMILES string of the molecule is O=C(COc1cccc(F)c1)NCc1cccc(Cl)c1. The Morgan fingerprint density at radius 3 is 2.75 bits per heavy atom. The minimum Gasteiger partial charge on any atom is -0.484 e. The molecule has 0 aromatic heterocycles. The molecule has 20 heavy (non-hydrogen) atoms. The molecule has 1 amide bonds. The lowest BCUT2D eigenvalue weighted by atomic mass is 10.2. The van der Waals surface area contributed by atoms with Crippen LogP contribution in [0.4, 0.5) is 4.39 Å². The van der Waals surface area contributed by atoms with E-state index in [0.717, 1.165) is 5.56 Å². The highest BCUT2D eigenvalue weighted by atomic mass is 35.5. The van der Waals surface area contributed by atoms with Crippen LogP contribution < -0.4 is 10.1 Å². The summed E-state index contributed by atoms with van der Waals surface area (Å²) in [5, 5.41) is 3.31. The maximum absolute atomic E-state index is 12.9. The summed E-state index contributed by atoms with van der Waals surface area (Å²) in [7, 11) is 0. The first-order valence-corrected chi connectivity index (χ1v) is 6.41. The normalized spacial score (nSPS) is 10.1. The van der Waals surface area contributed by atoms with Gasteiger partial charge in [-0.1, -0.05) is 29.8 Å². The minimum atomic E-state index is -0.401. The lowest BCUT2D eigenvalue weighted by Gasteiger charge is -2.07. The van der Waals surface area contributed by atoms with Gasteiger partial charge in [-0.3, -0.25) is 4.79 Å². The lowest BCUT2D eigenvalue weighted by Crippen LogP contribution is -2.28. The monoisotopic (exact) mass is 293 g/mol. The van der Waals surface area contributed by atoms with Crippen LogP contribution in [0.3, 0.4) is 0 Å². The van der Waals surface area contributed by atoms with Crippen LogP contribution in [0.25, 0.3) is 0 Å². The molecular weight excluding hydrogens is 281 g/mol. The fraction of sp³-hybridized carbons (Fsp3) is 0.133. The van der Waals surface area contributed by atoms with Gasteiger partial charge in [-0.25, -0.2) is 4.39 Å². The molecule has 0 atom stereocenters. The van der Waals surface area contributed by atoms with Gasteiger partial charge in [0.05, 0.1) is 0 Å². The van der Waals surface area contributed by atoms with Crippen molar-refractivity contribution in [2.45, 2.75) is 6.54 Å². The van der Waals surface area contributed by atoms with Gasteiger partial charge < -0.3 is 10.1 Å². The van der Waals surface area contributed by atoms with Gasteiger partial charge in [0, 0.05) is 17.6 Å². The Kier molecular flexibility index (Phi) is 4.96. The molecule has 0 saturated heterocycles. The van der Waals surface area contributed by atoms with E-state index in [4.69, 9.17) is 16.3 Å². The number of benzene rings is 2. The molecule has 0 aliphatic heterocycles. The number of amides is 1. The van der Waals surface area contributed by atoms with E-state index in [1.165, 1.54) is 18.2 Å². The smallest absolute Gasteiger partial charge is 0.258 e. The zero-order valence-corrected chi connectivity index (χ0v) is 11.4. The Morgan fingerprint density at radius 1 is 1.20 bits per heavy atom. The molecule has 0 heterocycles. The van der Waals surface area contributed by atoms with Gasteiger partial charge in [-0.05, 0) is 29.8 Å². The zero-order chi connectivity index (χ0) is 14.4. The standard InChI is InChI=1S/C15H13ClFNO2/c16-12-4-1-3-11(7-12)9-18-15(19)10-20-14-6-2-5-13(17)8-14/h1-8H,9-10H2,(H,18,19). The topological polar surface area (TPSA) is 38.3 Å². The average molecular weight is 294 g/mol. The molecule has 0 fully saturated rings. The van der Waals surface area contributed by atoms with Crippen LogP contribution >= 0.6 is 11.6 Å². The quantitative estimate of drug-likeness (QED) is 0.919. The third kappa shape index (κ3) is 4.55. The van der Waals surface area contributed by atoms with Gasteiger partial charge >= 0.3 is 0 Å². The van der Waals surface area contributed by atoms with Crippen LogP contribution in [0.5, 0.6) is 5.75 Å². The molecule has 2 rings (SSSR count). The summed E-state index contributed by atoms with van der Waals surface area (Å²) in [6.45, 7) is 0.204. The Balaban J connectivity index is 1.78. The number of ether oxygens (including phenoxy) is 1. The maximum atomic E-state index is 12.9. The highest BCUT2D eigenvalue weighted by Gasteiger charge is 2.03. The van der Waals surface area contributed by atoms with Crippen molar-refractivity contribution in [3.8, 4) is 5.75 Å². The van der Waals surface area contributed by atoms with E-state index in [0.29, 0.717) is 17.3 Å². The molecule has 0 aliphatic rings. The van der Waals surface area contributed by atoms with Crippen molar-refractivity contribution in [2.75, 3.05) is 6.61 Å². The number of hydrogen-bond acceptors (Lipinski definition) is 2. The summed E-state index contributed by atoms with van der Waals surface area (Å²) in [6.07, 6.45) is 0. The summed E-state index contributed by atoms with van der Waals surface area (Å²) in [5.74, 6) is -0.362. The third-order valence-corrected chi connectivity index (χ3v) is 2.78. The average Bonchev–Trinajstić information content (AvgIpc) is 2.43. The number of carbonyl (C=O) groups is 1. The molecule has 0 aliphatic carbocycles. The van der Waals surface area contributed by atoms with Crippen LogP contribution in [0.15, 0.2) is 48.5 Å². The maximum Gasteiger partial charge on any atom is 0.258 e. The van der Waals surface area contributed by atoms with Crippen LogP contribution in [-0.2, 0) is 11.3 Å². The van der Waals surface area contributed by atoms with E-state index in [1.54, 1.807) is 18.2 Å². The van der Waals surface area contributed by atoms with Crippen molar-refractivity contribution >= 4 is 17.5 Å². The van der Waals surface area contributed by atoms with Gasteiger partial charge in [0.2, 0.25) is 0 Å². The van der Waals surface area contributed by atoms with Crippen molar-refractivity contribution in [1.82, 2.24) is 5.32 Å². The number of carbonyl (C=O) groups excluding carboxylic acids is 1. The van der Waals surface area contributed by atoms with Crippen LogP contribution in [-0.4, -0.2) is 12.5 Å². The lowest BCUT2D eigenvalue weighted by molar-refractivity contribution is -0.123. The number of nitrogens with one attached hydrogen (secondary N) is 1. The van der Waals surface area contributed by atoms with Crippen molar-refractivity contribution in [3.05, 3.63) is 64.9 Å². The molecule has 5 heteroatoms. The van der Waals surface area contributed by atoms with Crippen molar-refractivity contribution in [1.29, 1.82) is 0 Å². The summed E-state index contributed by atoms with van der Waals surface area (Å²) in [5.41, 5.74) is 0.900. The molecule has 0 radical (unpaired) electrons. The predicted molar refractivity (Wildman–Crippen MR) is 75.2 cm³/mol. The molecule has 104 valence electrons. The van der Waals surface area contributed by atoms with E-state index in [1.807, 2.05) is 12.1 Å². The first-order valence-electron chi connectivity index (χ1n) is 6.03. The summed E-state index contributed by atoms with van der Waals surface area (Å²) >= 11 is 5.84. The van der Waals surface area contributed by atoms with Gasteiger partial charge in [-0.2, -0.15) is 0 Å². The van der Waals surface area contributed by atoms with E-state index < -0.39 is 5.82 Å². The summed E-state index contributed by atoms with van der Waals surface area (Å²) in [4.78, 5) is 11.6. The number of halogens is 2. The van der Waals surface area contributed by atoms with E-state index in [2.05, 4.69) is 5.32 Å². The molecule has 0 bridgehead atoms. The Bertz CT molecular complexity index is 552. The Morgan fingerprint density at radius 2 is 2.00 bits per heavy atom. The molecule has 0 saturated carbocycles. The van der Waals surface area contributed by atoms with Crippen LogP contribution in [0.2, 0.25) is 5.02 Å². The van der Waals surface area contributed by atoms with E-state index >= 15 is 0 Å².